The van der Waals surface area contributed by atoms with Crippen molar-refractivity contribution in [2.75, 3.05) is 25.0 Å². The minimum absolute atomic E-state index is 0.0304. The number of benzene rings is 1. The molecule has 1 N–H and O–H groups in total. The van der Waals surface area contributed by atoms with Gasteiger partial charge in [0.2, 0.25) is 17.6 Å². The van der Waals surface area contributed by atoms with Crippen molar-refractivity contribution in [2.24, 2.45) is 0 Å². The third-order valence-electron chi connectivity index (χ3n) is 5.08. The SMILES string of the molecule is O=C(CCN1CCC(c2nc(-c3ccccn3)no2)CC1)Nc1ccccc1Cl. The number of likely N-dealkylation sites (tertiary alicyclic amines) is 1. The van der Waals surface area contributed by atoms with Crippen LogP contribution >= 0.6 is 11.6 Å². The van der Waals surface area contributed by atoms with Gasteiger partial charge in [0.1, 0.15) is 5.69 Å². The summed E-state index contributed by atoms with van der Waals surface area (Å²) in [4.78, 5) is 23.3. The molecule has 1 amide bonds. The minimum atomic E-state index is -0.0304. The van der Waals surface area contributed by atoms with Crippen LogP contribution in [0.25, 0.3) is 11.5 Å². The van der Waals surface area contributed by atoms with Crippen LogP contribution in [0.2, 0.25) is 5.02 Å². The summed E-state index contributed by atoms with van der Waals surface area (Å²) in [6, 6.07) is 12.9. The number of anilines is 1. The lowest BCUT2D eigenvalue weighted by atomic mass is 9.96. The van der Waals surface area contributed by atoms with E-state index < -0.39 is 0 Å². The summed E-state index contributed by atoms with van der Waals surface area (Å²) in [5.74, 6) is 1.41. The van der Waals surface area contributed by atoms with Gasteiger partial charge in [0, 0.05) is 25.1 Å². The van der Waals surface area contributed by atoms with Crippen LogP contribution in [0.3, 0.4) is 0 Å². The number of pyridine rings is 1. The third kappa shape index (κ3) is 4.99. The highest BCUT2D eigenvalue weighted by Gasteiger charge is 2.25. The maximum Gasteiger partial charge on any atom is 0.230 e. The Labute approximate surface area is 174 Å². The smallest absolute Gasteiger partial charge is 0.230 e. The molecule has 0 saturated carbocycles. The fraction of sp³-hybridized carbons (Fsp3) is 0.333. The van der Waals surface area contributed by atoms with Crippen molar-refractivity contribution in [3.05, 3.63) is 59.6 Å². The molecule has 1 aliphatic rings. The lowest BCUT2D eigenvalue weighted by Crippen LogP contribution is -2.35. The molecule has 0 radical (unpaired) electrons. The standard InChI is InChI=1S/C21H22ClN5O2/c22-16-5-1-2-6-17(16)24-19(28)10-14-27-12-8-15(9-13-27)21-25-20(26-29-21)18-7-3-4-11-23-18/h1-7,11,15H,8-10,12-14H2,(H,24,28). The van der Waals surface area contributed by atoms with Gasteiger partial charge in [0.15, 0.2) is 0 Å². The van der Waals surface area contributed by atoms with Gasteiger partial charge in [-0.25, -0.2) is 0 Å². The first kappa shape index (κ1) is 19.5. The zero-order valence-corrected chi connectivity index (χ0v) is 16.7. The number of carbonyl (C=O) groups is 1. The van der Waals surface area contributed by atoms with Gasteiger partial charge < -0.3 is 14.7 Å². The summed E-state index contributed by atoms with van der Waals surface area (Å²) < 4.78 is 5.47. The normalized spacial score (nSPS) is 15.3. The number of para-hydroxylation sites is 1. The summed E-state index contributed by atoms with van der Waals surface area (Å²) in [7, 11) is 0. The molecule has 0 unspecified atom stereocenters. The Morgan fingerprint density at radius 1 is 1.17 bits per heavy atom. The molecule has 3 heterocycles. The van der Waals surface area contributed by atoms with Gasteiger partial charge in [-0.05, 0) is 50.2 Å². The largest absolute Gasteiger partial charge is 0.339 e. The predicted octanol–water partition coefficient (Wildman–Crippen LogP) is 3.99. The first-order chi connectivity index (χ1) is 14.2. The first-order valence-corrected chi connectivity index (χ1v) is 10.1. The topological polar surface area (TPSA) is 84.2 Å². The molecule has 4 rings (SSSR count). The highest BCUT2D eigenvalue weighted by atomic mass is 35.5. The third-order valence-corrected chi connectivity index (χ3v) is 5.41. The van der Waals surface area contributed by atoms with Gasteiger partial charge in [-0.15, -0.1) is 0 Å². The van der Waals surface area contributed by atoms with Gasteiger partial charge >= 0.3 is 0 Å². The Hall–Kier alpha value is -2.77. The molecule has 1 saturated heterocycles. The number of piperidine rings is 1. The van der Waals surface area contributed by atoms with Crippen molar-refractivity contribution in [1.29, 1.82) is 0 Å². The van der Waals surface area contributed by atoms with Crippen molar-refractivity contribution in [3.8, 4) is 11.5 Å². The molecule has 150 valence electrons. The summed E-state index contributed by atoms with van der Waals surface area (Å²) in [6.45, 7) is 2.50. The molecule has 2 aromatic heterocycles. The van der Waals surface area contributed by atoms with Gasteiger partial charge in [-0.2, -0.15) is 4.98 Å². The van der Waals surface area contributed by atoms with E-state index in [-0.39, 0.29) is 11.8 Å². The second-order valence-electron chi connectivity index (χ2n) is 7.07. The van der Waals surface area contributed by atoms with Crippen LogP contribution in [0.4, 0.5) is 5.69 Å². The Morgan fingerprint density at radius 3 is 2.72 bits per heavy atom. The lowest BCUT2D eigenvalue weighted by molar-refractivity contribution is -0.116. The van der Waals surface area contributed by atoms with Crippen LogP contribution in [0.15, 0.2) is 53.2 Å². The summed E-state index contributed by atoms with van der Waals surface area (Å²) in [6.07, 6.45) is 4.00. The summed E-state index contributed by atoms with van der Waals surface area (Å²) in [5, 5.41) is 7.47. The molecule has 8 heteroatoms. The van der Waals surface area contributed by atoms with Crippen LogP contribution in [-0.4, -0.2) is 45.6 Å². The number of rotatable bonds is 6. The summed E-state index contributed by atoms with van der Waals surface area (Å²) >= 11 is 6.08. The second kappa shape index (κ2) is 9.15. The number of hydrogen-bond acceptors (Lipinski definition) is 6. The van der Waals surface area contributed by atoms with E-state index in [2.05, 4.69) is 25.3 Å². The molecule has 0 bridgehead atoms. The molecule has 1 aliphatic heterocycles. The van der Waals surface area contributed by atoms with Crippen molar-refractivity contribution in [1.82, 2.24) is 20.0 Å². The number of nitrogens with zero attached hydrogens (tertiary/aromatic N) is 4. The van der Waals surface area contributed by atoms with E-state index in [1.165, 1.54) is 0 Å². The van der Waals surface area contributed by atoms with Crippen LogP contribution < -0.4 is 5.32 Å². The number of nitrogens with one attached hydrogen (secondary N) is 1. The minimum Gasteiger partial charge on any atom is -0.339 e. The van der Waals surface area contributed by atoms with Crippen molar-refractivity contribution >= 4 is 23.2 Å². The Bertz CT molecular complexity index is 954. The Morgan fingerprint density at radius 2 is 1.97 bits per heavy atom. The molecule has 1 aromatic carbocycles. The van der Waals surface area contributed by atoms with Gasteiger partial charge in [0.05, 0.1) is 10.7 Å². The van der Waals surface area contributed by atoms with Gasteiger partial charge in [0.25, 0.3) is 0 Å². The first-order valence-electron chi connectivity index (χ1n) is 9.71. The van der Waals surface area contributed by atoms with Gasteiger partial charge in [-0.3, -0.25) is 9.78 Å². The average Bonchev–Trinajstić information content (AvgIpc) is 3.25. The van der Waals surface area contributed by atoms with Gasteiger partial charge in [-0.1, -0.05) is 35.0 Å². The number of aromatic nitrogens is 3. The van der Waals surface area contributed by atoms with E-state index in [1.54, 1.807) is 18.3 Å². The zero-order chi connectivity index (χ0) is 20.1. The average molecular weight is 412 g/mol. The molecule has 1 fully saturated rings. The van der Waals surface area contributed by atoms with E-state index in [4.69, 9.17) is 16.1 Å². The fourth-order valence-corrected chi connectivity index (χ4v) is 3.62. The Balaban J connectivity index is 1.24. The number of amides is 1. The quantitative estimate of drug-likeness (QED) is 0.660. The highest BCUT2D eigenvalue weighted by molar-refractivity contribution is 6.33. The maximum absolute atomic E-state index is 12.2. The molecule has 7 nitrogen and oxygen atoms in total. The summed E-state index contributed by atoms with van der Waals surface area (Å²) in [5.41, 5.74) is 1.36. The van der Waals surface area contributed by atoms with E-state index in [9.17, 15) is 4.79 Å². The lowest BCUT2D eigenvalue weighted by Gasteiger charge is -2.30. The highest BCUT2D eigenvalue weighted by Crippen LogP contribution is 2.28. The Kier molecular flexibility index (Phi) is 6.17. The molecule has 29 heavy (non-hydrogen) atoms. The molecule has 0 atom stereocenters. The van der Waals surface area contributed by atoms with Crippen LogP contribution in [-0.2, 0) is 4.79 Å². The molecule has 0 aliphatic carbocycles. The fourth-order valence-electron chi connectivity index (χ4n) is 3.44. The van der Waals surface area contributed by atoms with Crippen LogP contribution in [0.1, 0.15) is 31.1 Å². The maximum atomic E-state index is 12.2. The zero-order valence-electron chi connectivity index (χ0n) is 15.9. The van der Waals surface area contributed by atoms with E-state index in [0.29, 0.717) is 41.1 Å². The van der Waals surface area contributed by atoms with E-state index in [1.807, 2.05) is 30.3 Å². The number of hydrogen-bond donors (Lipinski definition) is 1. The van der Waals surface area contributed by atoms with Crippen molar-refractivity contribution in [3.63, 3.8) is 0 Å². The van der Waals surface area contributed by atoms with Crippen molar-refractivity contribution < 1.29 is 9.32 Å². The number of carbonyl (C=O) groups excluding carboxylic acids is 1. The number of halogens is 1. The monoisotopic (exact) mass is 411 g/mol. The van der Waals surface area contributed by atoms with E-state index in [0.717, 1.165) is 25.9 Å². The van der Waals surface area contributed by atoms with Crippen LogP contribution in [0, 0.1) is 0 Å². The van der Waals surface area contributed by atoms with Crippen LogP contribution in [0.5, 0.6) is 0 Å². The predicted molar refractivity (Wildman–Crippen MR) is 111 cm³/mol. The molecular weight excluding hydrogens is 390 g/mol. The molecule has 0 spiro atoms. The molecule has 3 aromatic rings. The molecular formula is C21H22ClN5O2. The van der Waals surface area contributed by atoms with Crippen molar-refractivity contribution in [2.45, 2.75) is 25.2 Å². The van der Waals surface area contributed by atoms with E-state index >= 15 is 0 Å². The second-order valence-corrected chi connectivity index (χ2v) is 7.47.